The highest BCUT2D eigenvalue weighted by molar-refractivity contribution is 9.10. The molecule has 1 fully saturated rings. The van der Waals surface area contributed by atoms with E-state index in [2.05, 4.69) is 27.8 Å². The fourth-order valence-electron chi connectivity index (χ4n) is 5.28. The summed E-state index contributed by atoms with van der Waals surface area (Å²) < 4.78 is 13.6. The van der Waals surface area contributed by atoms with E-state index in [4.69, 9.17) is 9.47 Å². The Morgan fingerprint density at radius 3 is 2.64 bits per heavy atom. The molecule has 2 aromatic carbocycles. The summed E-state index contributed by atoms with van der Waals surface area (Å²) in [6.07, 6.45) is 6.96. The number of piperidine rings is 1. The number of hydrogen-bond acceptors (Lipinski definition) is 7. The van der Waals surface area contributed by atoms with Gasteiger partial charge in [-0.2, -0.15) is 0 Å². The van der Waals surface area contributed by atoms with Crippen molar-refractivity contribution in [2.45, 2.75) is 52.6 Å². The van der Waals surface area contributed by atoms with Crippen molar-refractivity contribution in [2.24, 2.45) is 4.99 Å². The van der Waals surface area contributed by atoms with Crippen LogP contribution in [0.25, 0.3) is 17.0 Å². The molecule has 0 saturated carbocycles. The minimum atomic E-state index is -0.637. The zero-order valence-corrected chi connectivity index (χ0v) is 26.3. The molecular formula is C32H34BrN3O5S. The standard InChI is InChI=1S/C32H34BrN3O5S/c1-4-40-24-12-10-23(11-13-24)34-31-29(32(39)41-5-2)30(38)27(42-31)16-21-18-35(26-14-9-22(33)17-25(21)26)19-28(37)36-15-7-6-8-20(36)3/h9-14,16-18,20,38H,4-8,15,19H2,1-3H3/b27-16-,34-31?/t20-/m0/s1. The number of rotatable bonds is 8. The van der Waals surface area contributed by atoms with Gasteiger partial charge in [0.25, 0.3) is 0 Å². The topological polar surface area (TPSA) is 93.4 Å². The van der Waals surface area contributed by atoms with E-state index < -0.39 is 5.97 Å². The summed E-state index contributed by atoms with van der Waals surface area (Å²) in [5, 5.41) is 12.5. The summed E-state index contributed by atoms with van der Waals surface area (Å²) in [4.78, 5) is 33.3. The number of aromatic nitrogens is 1. The molecule has 0 aliphatic carbocycles. The van der Waals surface area contributed by atoms with E-state index >= 15 is 0 Å². The largest absolute Gasteiger partial charge is 0.506 e. The third kappa shape index (κ3) is 6.44. The molecule has 0 unspecified atom stereocenters. The van der Waals surface area contributed by atoms with Crippen LogP contribution in [0.4, 0.5) is 5.69 Å². The number of halogens is 1. The van der Waals surface area contributed by atoms with Gasteiger partial charge in [0, 0.05) is 39.7 Å². The lowest BCUT2D eigenvalue weighted by molar-refractivity contribution is -0.138. The van der Waals surface area contributed by atoms with E-state index in [-0.39, 0.29) is 36.4 Å². The van der Waals surface area contributed by atoms with Crippen LogP contribution >= 0.6 is 27.7 Å². The summed E-state index contributed by atoms with van der Waals surface area (Å²) in [5.41, 5.74) is 2.36. The van der Waals surface area contributed by atoms with Crippen LogP contribution in [0.1, 0.15) is 45.6 Å². The third-order valence-corrected chi connectivity index (χ3v) is 8.85. The number of benzene rings is 2. The molecule has 5 rings (SSSR count). The van der Waals surface area contributed by atoms with Crippen LogP contribution in [-0.4, -0.2) is 57.3 Å². The molecule has 3 aromatic rings. The number of hydrogen-bond donors (Lipinski definition) is 1. The smallest absolute Gasteiger partial charge is 0.344 e. The van der Waals surface area contributed by atoms with Gasteiger partial charge >= 0.3 is 5.97 Å². The number of likely N-dealkylation sites (tertiary alicyclic amines) is 1. The van der Waals surface area contributed by atoms with Gasteiger partial charge in [-0.25, -0.2) is 9.79 Å². The van der Waals surface area contributed by atoms with Crippen LogP contribution in [0.2, 0.25) is 0 Å². The Labute approximate surface area is 258 Å². The first kappa shape index (κ1) is 30.0. The van der Waals surface area contributed by atoms with Crippen molar-refractivity contribution in [1.82, 2.24) is 9.47 Å². The average molecular weight is 653 g/mol. The van der Waals surface area contributed by atoms with E-state index in [0.717, 1.165) is 52.5 Å². The molecule has 1 amide bonds. The predicted molar refractivity (Wildman–Crippen MR) is 171 cm³/mol. The summed E-state index contributed by atoms with van der Waals surface area (Å²) in [5.74, 6) is -0.00581. The Morgan fingerprint density at radius 1 is 1.14 bits per heavy atom. The molecular weight excluding hydrogens is 618 g/mol. The molecule has 1 aromatic heterocycles. The number of aliphatic hydroxyl groups excluding tert-OH is 1. The average Bonchev–Trinajstić information content (AvgIpc) is 3.45. The number of amides is 1. The Morgan fingerprint density at radius 2 is 1.93 bits per heavy atom. The Hall–Kier alpha value is -3.50. The number of esters is 1. The summed E-state index contributed by atoms with van der Waals surface area (Å²) in [6.45, 7) is 7.47. The van der Waals surface area contributed by atoms with Crippen molar-refractivity contribution in [2.75, 3.05) is 19.8 Å². The van der Waals surface area contributed by atoms with E-state index in [1.165, 1.54) is 11.8 Å². The molecule has 42 heavy (non-hydrogen) atoms. The van der Waals surface area contributed by atoms with Crippen LogP contribution in [0.5, 0.6) is 5.75 Å². The van der Waals surface area contributed by atoms with Gasteiger partial charge in [-0.05, 0) is 88.6 Å². The predicted octanol–water partition coefficient (Wildman–Crippen LogP) is 7.40. The molecule has 2 aliphatic rings. The van der Waals surface area contributed by atoms with Crippen molar-refractivity contribution in [3.8, 4) is 5.75 Å². The molecule has 0 spiro atoms. The third-order valence-electron chi connectivity index (χ3n) is 7.34. The van der Waals surface area contributed by atoms with Crippen LogP contribution in [0, 0.1) is 0 Å². The second-order valence-corrected chi connectivity index (χ2v) is 12.2. The molecule has 0 bridgehead atoms. The summed E-state index contributed by atoms with van der Waals surface area (Å²) >= 11 is 4.77. The van der Waals surface area contributed by atoms with Crippen LogP contribution < -0.4 is 4.74 Å². The minimum absolute atomic E-state index is 0.0289. The maximum atomic E-state index is 13.3. The highest BCUT2D eigenvalue weighted by Gasteiger charge is 2.33. The van der Waals surface area contributed by atoms with E-state index in [1.54, 1.807) is 19.1 Å². The molecule has 2 aliphatic heterocycles. The lowest BCUT2D eigenvalue weighted by Gasteiger charge is -2.33. The maximum absolute atomic E-state index is 13.3. The second-order valence-electron chi connectivity index (χ2n) is 10.2. The van der Waals surface area contributed by atoms with Gasteiger partial charge in [-0.15, -0.1) is 0 Å². The summed E-state index contributed by atoms with van der Waals surface area (Å²) in [6, 6.07) is 13.4. The van der Waals surface area contributed by atoms with Gasteiger partial charge in [0.1, 0.15) is 28.7 Å². The van der Waals surface area contributed by atoms with Crippen molar-refractivity contribution in [1.29, 1.82) is 0 Å². The van der Waals surface area contributed by atoms with Crippen LogP contribution in [-0.2, 0) is 20.9 Å². The number of ether oxygens (including phenoxy) is 2. The van der Waals surface area contributed by atoms with Crippen molar-refractivity contribution in [3.05, 3.63) is 74.9 Å². The number of aliphatic imine (C=N–C) groups is 1. The van der Waals surface area contributed by atoms with Gasteiger partial charge in [0.15, 0.2) is 0 Å². The number of fused-ring (bicyclic) bond motifs is 1. The van der Waals surface area contributed by atoms with E-state index in [0.29, 0.717) is 22.2 Å². The van der Waals surface area contributed by atoms with Gasteiger partial charge in [-0.3, -0.25) is 4.79 Å². The van der Waals surface area contributed by atoms with Gasteiger partial charge < -0.3 is 24.0 Å². The Balaban J connectivity index is 1.52. The Kier molecular flexibility index (Phi) is 9.43. The number of aliphatic hydroxyl groups is 1. The normalized spacial score (nSPS) is 19.2. The molecule has 10 heteroatoms. The first-order valence-electron chi connectivity index (χ1n) is 14.2. The highest BCUT2D eigenvalue weighted by atomic mass is 79.9. The molecule has 3 heterocycles. The molecule has 220 valence electrons. The summed E-state index contributed by atoms with van der Waals surface area (Å²) in [7, 11) is 0. The van der Waals surface area contributed by atoms with Crippen LogP contribution in [0.15, 0.2) is 74.4 Å². The monoisotopic (exact) mass is 651 g/mol. The number of thioether (sulfide) groups is 1. The number of carbonyl (C=O) groups is 2. The lowest BCUT2D eigenvalue weighted by atomic mass is 10.0. The zero-order valence-electron chi connectivity index (χ0n) is 23.9. The molecule has 1 saturated heterocycles. The van der Waals surface area contributed by atoms with Crippen molar-refractivity contribution >= 4 is 67.3 Å². The number of nitrogens with zero attached hydrogens (tertiary/aromatic N) is 3. The minimum Gasteiger partial charge on any atom is -0.506 e. The SMILES string of the molecule is CCOC(=O)C1=C(O)/C(=C/c2cn(CC(=O)N3CCCC[C@@H]3C)c3ccc(Br)cc23)SC1=Nc1ccc(OCC)cc1. The fourth-order valence-corrected chi connectivity index (χ4v) is 6.67. The zero-order chi connectivity index (χ0) is 29.8. The van der Waals surface area contributed by atoms with Gasteiger partial charge in [-0.1, -0.05) is 27.7 Å². The second kappa shape index (κ2) is 13.2. The van der Waals surface area contributed by atoms with Crippen molar-refractivity contribution < 1.29 is 24.2 Å². The maximum Gasteiger partial charge on any atom is 0.344 e. The highest BCUT2D eigenvalue weighted by Crippen LogP contribution is 2.41. The van der Waals surface area contributed by atoms with E-state index in [1.807, 2.05) is 59.0 Å². The van der Waals surface area contributed by atoms with Gasteiger partial charge in [0.05, 0.1) is 23.8 Å². The molecule has 8 nitrogen and oxygen atoms in total. The molecule has 0 radical (unpaired) electrons. The Bertz CT molecular complexity index is 1590. The quantitative estimate of drug-likeness (QED) is 0.255. The van der Waals surface area contributed by atoms with Crippen LogP contribution in [0.3, 0.4) is 0 Å². The molecule has 1 N–H and O–H groups in total. The first-order chi connectivity index (χ1) is 20.3. The lowest BCUT2D eigenvalue weighted by Crippen LogP contribution is -2.43. The first-order valence-corrected chi connectivity index (χ1v) is 15.8. The van der Waals surface area contributed by atoms with Gasteiger partial charge in [0.2, 0.25) is 5.91 Å². The van der Waals surface area contributed by atoms with E-state index in [9.17, 15) is 14.7 Å². The van der Waals surface area contributed by atoms with Crippen molar-refractivity contribution in [3.63, 3.8) is 0 Å². The molecule has 1 atom stereocenters. The fraction of sp³-hybridized carbons (Fsp3) is 0.344. The number of carbonyl (C=O) groups excluding carboxylic acids is 2.